The topological polar surface area (TPSA) is 125 Å². The zero-order chi connectivity index (χ0) is 26.8. The molecule has 202 valence electrons. The van der Waals surface area contributed by atoms with Crippen molar-refractivity contribution in [2.24, 2.45) is 0 Å². The van der Waals surface area contributed by atoms with Crippen LogP contribution in [0.2, 0.25) is 0 Å². The van der Waals surface area contributed by atoms with Crippen LogP contribution in [0.15, 0.2) is 66.9 Å². The van der Waals surface area contributed by atoms with Crippen LogP contribution in [0, 0.1) is 6.92 Å². The average Bonchev–Trinajstić information content (AvgIpc) is 3.71. The number of hydrogen-bond acceptors (Lipinski definition) is 4. The molecular formula is C31H28N4O4S. The molecule has 6 aromatic rings. The summed E-state index contributed by atoms with van der Waals surface area (Å²) in [5.41, 5.74) is 6.58. The second kappa shape index (κ2) is 9.62. The van der Waals surface area contributed by atoms with Gasteiger partial charge in [-0.15, -0.1) is 0 Å². The molecule has 0 spiro atoms. The zero-order valence-corrected chi connectivity index (χ0v) is 22.7. The third-order valence-electron chi connectivity index (χ3n) is 7.83. The minimum atomic E-state index is -0.256. The van der Waals surface area contributed by atoms with Crippen LogP contribution in [-0.4, -0.2) is 50.0 Å². The van der Waals surface area contributed by atoms with Gasteiger partial charge in [-0.25, -0.2) is 0 Å². The van der Waals surface area contributed by atoms with Crippen molar-refractivity contribution in [2.75, 3.05) is 18.1 Å². The molecule has 1 amide bonds. The van der Waals surface area contributed by atoms with E-state index in [1.165, 1.54) is 0 Å². The number of aryl methyl sites for hydroxylation is 1. The number of aliphatic hydroxyl groups excluding tert-OH is 1. The number of aromatic hydroxyl groups is 1. The normalized spacial score (nSPS) is 14.7. The number of Topliss-reactive ketones (excluding diaryl/α,β-unsaturated/α-hetero) is 1. The first-order valence-electron chi connectivity index (χ1n) is 12.9. The van der Waals surface area contributed by atoms with Gasteiger partial charge >= 0.3 is 0 Å². The van der Waals surface area contributed by atoms with Crippen LogP contribution in [0.4, 0.5) is 5.69 Å². The maximum absolute atomic E-state index is 13.7. The maximum Gasteiger partial charge on any atom is 0.274 e. The molecule has 0 fully saturated rings. The molecule has 3 aromatic carbocycles. The largest absolute Gasteiger partial charge is 0.506 e. The predicted molar refractivity (Wildman–Crippen MR) is 161 cm³/mol. The molecule has 4 heterocycles. The van der Waals surface area contributed by atoms with Gasteiger partial charge in [-0.3, -0.25) is 9.59 Å². The first-order valence-corrected chi connectivity index (χ1v) is 12.9. The Morgan fingerprint density at radius 1 is 0.975 bits per heavy atom. The standard InChI is InChI=1S/C31H26N4O4.H2S/c1-16-13-32-30-27(38)12-25-29(28(16)30)20(15-36)14-35(25)31(39)24-11-19-8-17(6-7-22(19)34-24)9-26(37)23-10-18-4-2-3-5-21(18)33-23;/h2-8,10-13,20,32-34,36,38H,9,14-15H2,1H3;1H2. The third kappa shape index (κ3) is 3.97. The number of ketones is 1. The van der Waals surface area contributed by atoms with Crippen molar-refractivity contribution < 1.29 is 19.8 Å². The molecule has 0 saturated carbocycles. The number of anilines is 1. The molecular weight excluding hydrogens is 524 g/mol. The smallest absolute Gasteiger partial charge is 0.274 e. The molecule has 1 unspecified atom stereocenters. The van der Waals surface area contributed by atoms with Crippen molar-refractivity contribution in [1.82, 2.24) is 15.0 Å². The number of H-pyrrole nitrogens is 3. The number of aromatic amines is 3. The van der Waals surface area contributed by atoms with Crippen molar-refractivity contribution in [3.05, 3.63) is 94.9 Å². The summed E-state index contributed by atoms with van der Waals surface area (Å²) in [5.74, 6) is -0.444. The van der Waals surface area contributed by atoms with Crippen molar-refractivity contribution in [3.63, 3.8) is 0 Å². The van der Waals surface area contributed by atoms with E-state index >= 15 is 0 Å². The second-order valence-electron chi connectivity index (χ2n) is 10.3. The highest BCUT2D eigenvalue weighted by atomic mass is 32.1. The maximum atomic E-state index is 13.7. The van der Waals surface area contributed by atoms with Crippen LogP contribution in [0.3, 0.4) is 0 Å². The zero-order valence-electron chi connectivity index (χ0n) is 21.7. The highest BCUT2D eigenvalue weighted by molar-refractivity contribution is 7.59. The molecule has 0 radical (unpaired) electrons. The van der Waals surface area contributed by atoms with E-state index in [2.05, 4.69) is 15.0 Å². The average molecular weight is 553 g/mol. The summed E-state index contributed by atoms with van der Waals surface area (Å²) in [7, 11) is 0. The highest BCUT2D eigenvalue weighted by Crippen LogP contribution is 2.46. The Bertz CT molecular complexity index is 1920. The number of fused-ring (bicyclic) bond motifs is 5. The summed E-state index contributed by atoms with van der Waals surface area (Å²) in [4.78, 5) is 37.8. The van der Waals surface area contributed by atoms with Crippen molar-refractivity contribution in [3.8, 4) is 5.75 Å². The summed E-state index contributed by atoms with van der Waals surface area (Å²) >= 11 is 0. The van der Waals surface area contributed by atoms with Gasteiger partial charge in [0, 0.05) is 58.3 Å². The summed E-state index contributed by atoms with van der Waals surface area (Å²) < 4.78 is 0. The van der Waals surface area contributed by atoms with Crippen molar-refractivity contribution in [2.45, 2.75) is 19.3 Å². The second-order valence-corrected chi connectivity index (χ2v) is 10.3. The summed E-state index contributed by atoms with van der Waals surface area (Å²) in [6, 6.07) is 18.8. The van der Waals surface area contributed by atoms with Crippen LogP contribution in [-0.2, 0) is 6.42 Å². The fourth-order valence-electron chi connectivity index (χ4n) is 5.92. The number of nitrogens with zero attached hydrogens (tertiary/aromatic N) is 1. The Morgan fingerprint density at radius 3 is 2.52 bits per heavy atom. The predicted octanol–water partition coefficient (Wildman–Crippen LogP) is 5.42. The van der Waals surface area contributed by atoms with Crippen LogP contribution in [0.25, 0.3) is 32.7 Å². The SMILES string of the molecule is Cc1c[nH]c2c(O)cc3c(c12)C(CO)CN3C(=O)c1cc2cc(CC(=O)c3cc4ccccc4[nH]3)ccc2[nH]1.S. The third-order valence-corrected chi connectivity index (χ3v) is 7.83. The number of phenolic OH excluding ortho intramolecular Hbond substituents is 1. The Kier molecular flexibility index (Phi) is 6.20. The molecule has 40 heavy (non-hydrogen) atoms. The number of nitrogens with one attached hydrogen (secondary N) is 3. The Morgan fingerprint density at radius 2 is 1.73 bits per heavy atom. The Hall–Kier alpha value is -4.47. The van der Waals surface area contributed by atoms with Crippen LogP contribution in [0.5, 0.6) is 5.75 Å². The van der Waals surface area contributed by atoms with Gasteiger partial charge in [-0.05, 0) is 53.9 Å². The van der Waals surface area contributed by atoms with E-state index in [-0.39, 0.29) is 49.9 Å². The van der Waals surface area contributed by atoms with Crippen LogP contribution in [0.1, 0.15) is 43.6 Å². The van der Waals surface area contributed by atoms with Crippen LogP contribution < -0.4 is 4.90 Å². The van der Waals surface area contributed by atoms with E-state index in [4.69, 9.17) is 0 Å². The Balaban J connectivity index is 0.00000289. The molecule has 3 aromatic heterocycles. The lowest BCUT2D eigenvalue weighted by Crippen LogP contribution is -2.30. The van der Waals surface area contributed by atoms with Gasteiger partial charge < -0.3 is 30.1 Å². The van der Waals surface area contributed by atoms with E-state index < -0.39 is 0 Å². The van der Waals surface area contributed by atoms with Gasteiger partial charge in [-0.1, -0.05) is 24.3 Å². The lowest BCUT2D eigenvalue weighted by Gasteiger charge is -2.17. The molecule has 8 nitrogen and oxygen atoms in total. The number of carbonyl (C=O) groups excluding carboxylic acids is 2. The summed E-state index contributed by atoms with van der Waals surface area (Å²) in [6.07, 6.45) is 2.06. The summed E-state index contributed by atoms with van der Waals surface area (Å²) in [6.45, 7) is 2.14. The summed E-state index contributed by atoms with van der Waals surface area (Å²) in [5, 5.41) is 23.5. The first kappa shape index (κ1) is 25.8. The monoisotopic (exact) mass is 552 g/mol. The van der Waals surface area contributed by atoms with E-state index in [0.717, 1.165) is 43.9 Å². The van der Waals surface area contributed by atoms with Crippen LogP contribution >= 0.6 is 13.5 Å². The number of amides is 1. The van der Waals surface area contributed by atoms with Gasteiger partial charge in [0.1, 0.15) is 11.4 Å². The van der Waals surface area contributed by atoms with Gasteiger partial charge in [0.25, 0.3) is 5.91 Å². The number of aromatic nitrogens is 3. The molecule has 1 aliphatic heterocycles. The molecule has 9 heteroatoms. The number of hydrogen-bond donors (Lipinski definition) is 5. The van der Waals surface area contributed by atoms with E-state index in [1.54, 1.807) is 17.0 Å². The number of benzene rings is 3. The lowest BCUT2D eigenvalue weighted by atomic mass is 9.96. The first-order chi connectivity index (χ1) is 18.9. The molecule has 1 aliphatic rings. The fourth-order valence-corrected chi connectivity index (χ4v) is 5.92. The molecule has 5 N–H and O–H groups in total. The minimum absolute atomic E-state index is 0. The highest BCUT2D eigenvalue weighted by Gasteiger charge is 2.36. The van der Waals surface area contributed by atoms with Gasteiger partial charge in [0.15, 0.2) is 5.78 Å². The molecule has 0 bridgehead atoms. The molecule has 7 rings (SSSR count). The number of para-hydroxylation sites is 1. The quantitative estimate of drug-likeness (QED) is 0.183. The van der Waals surface area contributed by atoms with Crippen molar-refractivity contribution >= 4 is 63.6 Å². The minimum Gasteiger partial charge on any atom is -0.506 e. The number of aliphatic hydroxyl groups is 1. The van der Waals surface area contributed by atoms with Gasteiger partial charge in [0.05, 0.1) is 23.5 Å². The van der Waals surface area contributed by atoms with Gasteiger partial charge in [0.2, 0.25) is 0 Å². The van der Waals surface area contributed by atoms with Crippen molar-refractivity contribution in [1.29, 1.82) is 0 Å². The molecule has 0 aliphatic carbocycles. The number of phenols is 1. The Labute approximate surface area is 236 Å². The lowest BCUT2D eigenvalue weighted by molar-refractivity contribution is 0.0977. The van der Waals surface area contributed by atoms with E-state index in [1.807, 2.05) is 61.7 Å². The molecule has 0 saturated heterocycles. The number of rotatable bonds is 5. The fraction of sp³-hybridized carbons (Fsp3) is 0.161. The van der Waals surface area contributed by atoms with E-state index in [9.17, 15) is 19.8 Å². The van der Waals surface area contributed by atoms with E-state index in [0.29, 0.717) is 29.1 Å². The molecule has 1 atom stereocenters. The van der Waals surface area contributed by atoms with Gasteiger partial charge in [-0.2, -0.15) is 13.5 Å². The number of carbonyl (C=O) groups is 2.